The molecule has 0 aliphatic heterocycles. The van der Waals surface area contributed by atoms with E-state index in [1.807, 2.05) is 13.8 Å². The highest BCUT2D eigenvalue weighted by Gasteiger charge is 2.28. The van der Waals surface area contributed by atoms with Gasteiger partial charge in [0.1, 0.15) is 9.73 Å². The van der Waals surface area contributed by atoms with E-state index in [0.29, 0.717) is 0 Å². The zero-order valence-electron chi connectivity index (χ0n) is 19.6. The number of hydrogen-bond donors (Lipinski definition) is 0. The predicted molar refractivity (Wildman–Crippen MR) is 129 cm³/mol. The molecular weight excluding hydrogens is 478 g/mol. The predicted octanol–water partition coefficient (Wildman–Crippen LogP) is 4.17. The molecule has 34 heavy (non-hydrogen) atoms. The van der Waals surface area contributed by atoms with Gasteiger partial charge in [-0.3, -0.25) is 9.59 Å². The Morgan fingerprint density at radius 2 is 1.26 bits per heavy atom. The van der Waals surface area contributed by atoms with Crippen molar-refractivity contribution < 1.29 is 31.7 Å². The van der Waals surface area contributed by atoms with Gasteiger partial charge in [-0.1, -0.05) is 45.2 Å². The Labute approximate surface area is 201 Å². The molecule has 1 atom stereocenters. The van der Waals surface area contributed by atoms with Crippen LogP contribution in [0.2, 0.25) is 0 Å². The first-order chi connectivity index (χ1) is 16.0. The fraction of sp³-hybridized carbons (Fsp3) is 0.333. The van der Waals surface area contributed by atoms with Crippen LogP contribution in [0.15, 0.2) is 73.6 Å². The Hall–Kier alpha value is -2.98. The van der Waals surface area contributed by atoms with Crippen LogP contribution >= 0.6 is 0 Å². The lowest BCUT2D eigenvalue weighted by molar-refractivity contribution is -0.161. The second kappa shape index (κ2) is 11.9. The number of ether oxygens (including phenoxy) is 2. The monoisotopic (exact) mass is 507 g/mol. The molecule has 0 aliphatic carbocycles. The first-order valence-electron chi connectivity index (χ1n) is 10.7. The molecule has 2 aromatic carbocycles. The van der Waals surface area contributed by atoms with Gasteiger partial charge in [-0.05, 0) is 58.4 Å². The largest absolute Gasteiger partial charge is 0.465 e. The molecule has 0 bridgehead atoms. The quantitative estimate of drug-likeness (QED) is 0.350. The molecule has 0 aliphatic rings. The van der Waals surface area contributed by atoms with Crippen LogP contribution in [0.3, 0.4) is 0 Å². The molecule has 0 radical (unpaired) electrons. The topological polar surface area (TPSA) is 116 Å². The summed E-state index contributed by atoms with van der Waals surface area (Å²) in [5, 5.41) is 1.12. The lowest BCUT2D eigenvalue weighted by Gasteiger charge is -2.13. The molecule has 0 fully saturated rings. The maximum Gasteiger partial charge on any atom is 0.320 e. The number of hydrogen-bond acceptors (Lipinski definition) is 7. The third kappa shape index (κ3) is 7.26. The molecule has 184 valence electrons. The molecule has 2 aromatic rings. The van der Waals surface area contributed by atoms with Crippen LogP contribution in [0.1, 0.15) is 31.4 Å². The number of sulfonamides is 1. The minimum absolute atomic E-state index is 0.0721. The van der Waals surface area contributed by atoms with Crippen LogP contribution in [0, 0.1) is 19.8 Å². The fourth-order valence-electron chi connectivity index (χ4n) is 2.88. The molecule has 0 N–H and O–H groups in total. The van der Waals surface area contributed by atoms with E-state index in [-0.39, 0.29) is 29.4 Å². The van der Waals surface area contributed by atoms with Crippen molar-refractivity contribution >= 4 is 31.7 Å². The summed E-state index contributed by atoms with van der Waals surface area (Å²) in [6.45, 7) is 7.01. The van der Waals surface area contributed by atoms with Crippen LogP contribution in [0.4, 0.5) is 0 Å². The Balaban J connectivity index is 2.53. The summed E-state index contributed by atoms with van der Waals surface area (Å²) in [6, 6.07) is 12.5. The minimum Gasteiger partial charge on any atom is -0.465 e. The third-order valence-electron chi connectivity index (χ3n) is 4.68. The average molecular weight is 508 g/mol. The van der Waals surface area contributed by atoms with Crippen molar-refractivity contribution in [1.82, 2.24) is 0 Å². The van der Waals surface area contributed by atoms with E-state index in [0.717, 1.165) is 16.5 Å². The molecule has 0 amide bonds. The summed E-state index contributed by atoms with van der Waals surface area (Å²) >= 11 is 0. The zero-order valence-corrected chi connectivity index (χ0v) is 21.2. The van der Waals surface area contributed by atoms with E-state index in [1.165, 1.54) is 30.3 Å². The molecule has 0 saturated heterocycles. The second-order valence-electron chi connectivity index (χ2n) is 7.41. The highest BCUT2D eigenvalue weighted by molar-refractivity contribution is 8.05. The van der Waals surface area contributed by atoms with Gasteiger partial charge in [-0.15, -0.1) is 0 Å². The van der Waals surface area contributed by atoms with Gasteiger partial charge in [-0.2, -0.15) is 8.42 Å². The normalized spacial score (nSPS) is 13.4. The van der Waals surface area contributed by atoms with E-state index in [1.54, 1.807) is 38.1 Å². The van der Waals surface area contributed by atoms with E-state index < -0.39 is 37.6 Å². The molecule has 0 spiro atoms. The number of nitrogens with zero attached hydrogens (tertiary/aromatic N) is 1. The SMILES string of the molecule is CCOC(=O)C(C/C=C/S(=O)(=NS(=O)(=O)c1ccc(C)cc1)c1ccc(C)cc1)C(=O)OCC. The number of benzene rings is 2. The fourth-order valence-corrected chi connectivity index (χ4v) is 6.46. The molecule has 0 heterocycles. The third-order valence-corrected chi connectivity index (χ3v) is 8.73. The highest BCUT2D eigenvalue weighted by Crippen LogP contribution is 2.23. The molecule has 10 heteroatoms. The summed E-state index contributed by atoms with van der Waals surface area (Å²) in [7, 11) is -7.90. The van der Waals surface area contributed by atoms with E-state index in [2.05, 4.69) is 3.77 Å². The first-order valence-corrected chi connectivity index (χ1v) is 13.7. The van der Waals surface area contributed by atoms with Crippen molar-refractivity contribution in [3.8, 4) is 0 Å². The number of aryl methyl sites for hydroxylation is 2. The number of carbonyl (C=O) groups excluding carboxylic acids is 2. The number of allylic oxidation sites excluding steroid dienone is 1. The molecule has 8 nitrogen and oxygen atoms in total. The molecular formula is C24H29NO7S2. The van der Waals surface area contributed by atoms with Gasteiger partial charge < -0.3 is 9.47 Å². The lowest BCUT2D eigenvalue weighted by atomic mass is 10.1. The Kier molecular flexibility index (Phi) is 9.57. The zero-order chi connectivity index (χ0) is 25.4. The van der Waals surface area contributed by atoms with Crippen molar-refractivity contribution in [2.24, 2.45) is 9.69 Å². The van der Waals surface area contributed by atoms with Gasteiger partial charge in [0.25, 0.3) is 10.0 Å². The van der Waals surface area contributed by atoms with Crippen LogP contribution in [0.5, 0.6) is 0 Å². The van der Waals surface area contributed by atoms with Crippen molar-refractivity contribution in [1.29, 1.82) is 0 Å². The summed E-state index contributed by atoms with van der Waals surface area (Å²) in [4.78, 5) is 24.5. The Bertz CT molecular complexity index is 1240. The maximum atomic E-state index is 13.9. The van der Waals surface area contributed by atoms with Crippen molar-refractivity contribution in [3.63, 3.8) is 0 Å². The van der Waals surface area contributed by atoms with E-state index >= 15 is 0 Å². The van der Waals surface area contributed by atoms with Gasteiger partial charge in [-0.25, -0.2) is 4.21 Å². The number of esters is 2. The smallest absolute Gasteiger partial charge is 0.320 e. The summed E-state index contributed by atoms with van der Waals surface area (Å²) in [5.41, 5.74) is 1.75. The van der Waals surface area contributed by atoms with Crippen molar-refractivity contribution in [3.05, 3.63) is 71.1 Å². The molecule has 2 rings (SSSR count). The van der Waals surface area contributed by atoms with Crippen molar-refractivity contribution in [2.45, 2.75) is 43.9 Å². The highest BCUT2D eigenvalue weighted by atomic mass is 32.3. The average Bonchev–Trinajstić information content (AvgIpc) is 2.77. The number of carbonyl (C=O) groups is 2. The number of rotatable bonds is 10. The van der Waals surface area contributed by atoms with Crippen LogP contribution < -0.4 is 0 Å². The summed E-state index contributed by atoms with van der Waals surface area (Å²) in [5.74, 6) is -2.83. The Morgan fingerprint density at radius 1 is 0.824 bits per heavy atom. The van der Waals surface area contributed by atoms with Gasteiger partial charge in [0.15, 0.2) is 5.92 Å². The minimum atomic E-state index is -4.28. The van der Waals surface area contributed by atoms with Gasteiger partial charge in [0, 0.05) is 5.41 Å². The summed E-state index contributed by atoms with van der Waals surface area (Å²) < 4.78 is 53.4. The molecule has 0 saturated carbocycles. The standard InChI is InChI=1S/C24H29NO7S2/c1-5-31-23(26)22(24(27)32-6-2)8-7-17-33(28,20-13-9-18(3)10-14-20)25-34(29,30)21-15-11-19(4)12-16-21/h7,9-17,22H,5-6,8H2,1-4H3/b17-7+. The second-order valence-corrected chi connectivity index (χ2v) is 11.3. The molecule has 1 unspecified atom stereocenters. The maximum absolute atomic E-state index is 13.9. The van der Waals surface area contributed by atoms with Crippen LogP contribution in [-0.2, 0) is 38.8 Å². The van der Waals surface area contributed by atoms with Crippen molar-refractivity contribution in [2.75, 3.05) is 13.2 Å². The van der Waals surface area contributed by atoms with Gasteiger partial charge in [0.05, 0.1) is 23.0 Å². The lowest BCUT2D eigenvalue weighted by Crippen LogP contribution is -2.27. The van der Waals surface area contributed by atoms with Gasteiger partial charge >= 0.3 is 11.9 Å². The summed E-state index contributed by atoms with van der Waals surface area (Å²) in [6.07, 6.45) is 1.11. The van der Waals surface area contributed by atoms with E-state index in [9.17, 15) is 22.2 Å². The Morgan fingerprint density at radius 3 is 1.71 bits per heavy atom. The first kappa shape index (κ1) is 27.3. The van der Waals surface area contributed by atoms with Gasteiger partial charge in [0.2, 0.25) is 0 Å². The van der Waals surface area contributed by atoms with E-state index in [4.69, 9.17) is 9.47 Å². The molecule has 0 aromatic heterocycles. The van der Waals surface area contributed by atoms with Crippen LogP contribution in [-0.4, -0.2) is 37.8 Å². The van der Waals surface area contributed by atoms with Crippen LogP contribution in [0.25, 0.3) is 0 Å².